The Morgan fingerprint density at radius 1 is 0.722 bits per heavy atom. The SMILES string of the molecule is O=C(Cn1c(=O)c2c(ncn2Cc2ccccc2)n(Cc2ccccc2)c1=O)NCc1ccccc1. The van der Waals surface area contributed by atoms with Gasteiger partial charge in [0, 0.05) is 13.1 Å². The van der Waals surface area contributed by atoms with Crippen LogP contribution in [0.3, 0.4) is 0 Å². The molecular formula is C28H25N5O3. The summed E-state index contributed by atoms with van der Waals surface area (Å²) in [6.45, 7) is 0.563. The molecule has 0 saturated heterocycles. The van der Waals surface area contributed by atoms with E-state index in [1.54, 1.807) is 10.9 Å². The average Bonchev–Trinajstić information content (AvgIpc) is 3.33. The first kappa shape index (κ1) is 23.0. The van der Waals surface area contributed by atoms with Crippen LogP contribution in [0.1, 0.15) is 16.7 Å². The summed E-state index contributed by atoms with van der Waals surface area (Å²) in [7, 11) is 0. The third kappa shape index (κ3) is 4.88. The molecule has 8 nitrogen and oxygen atoms in total. The van der Waals surface area contributed by atoms with Gasteiger partial charge >= 0.3 is 5.69 Å². The number of benzene rings is 3. The monoisotopic (exact) mass is 479 g/mol. The van der Waals surface area contributed by atoms with Crippen molar-refractivity contribution in [2.45, 2.75) is 26.2 Å². The van der Waals surface area contributed by atoms with Crippen LogP contribution < -0.4 is 16.6 Å². The van der Waals surface area contributed by atoms with Crippen LogP contribution in [0.5, 0.6) is 0 Å². The Bertz CT molecular complexity index is 1600. The topological polar surface area (TPSA) is 90.9 Å². The van der Waals surface area contributed by atoms with Gasteiger partial charge in [-0.25, -0.2) is 14.3 Å². The lowest BCUT2D eigenvalue weighted by Gasteiger charge is -2.13. The molecule has 2 heterocycles. The highest BCUT2D eigenvalue weighted by atomic mass is 16.2. The van der Waals surface area contributed by atoms with E-state index >= 15 is 0 Å². The van der Waals surface area contributed by atoms with Crippen LogP contribution in [0.2, 0.25) is 0 Å². The van der Waals surface area contributed by atoms with E-state index in [0.29, 0.717) is 18.7 Å². The predicted octanol–water partition coefficient (Wildman–Crippen LogP) is 2.77. The molecule has 0 aliphatic heterocycles. The first-order chi connectivity index (χ1) is 17.6. The number of amides is 1. The first-order valence-electron chi connectivity index (χ1n) is 11.7. The van der Waals surface area contributed by atoms with Gasteiger partial charge in [-0.2, -0.15) is 0 Å². The third-order valence-corrected chi connectivity index (χ3v) is 6.00. The molecule has 5 rings (SSSR count). The minimum atomic E-state index is -0.573. The van der Waals surface area contributed by atoms with Crippen molar-refractivity contribution in [2.75, 3.05) is 0 Å². The lowest BCUT2D eigenvalue weighted by molar-refractivity contribution is -0.121. The molecule has 0 radical (unpaired) electrons. The van der Waals surface area contributed by atoms with Crippen molar-refractivity contribution in [3.05, 3.63) is 135 Å². The van der Waals surface area contributed by atoms with E-state index in [1.165, 1.54) is 4.57 Å². The number of nitrogens with zero attached hydrogens (tertiary/aromatic N) is 4. The van der Waals surface area contributed by atoms with Crippen molar-refractivity contribution >= 4 is 17.1 Å². The van der Waals surface area contributed by atoms with Gasteiger partial charge in [0.2, 0.25) is 5.91 Å². The van der Waals surface area contributed by atoms with Gasteiger partial charge in [-0.15, -0.1) is 0 Å². The summed E-state index contributed by atoms with van der Waals surface area (Å²) in [6.07, 6.45) is 1.57. The molecule has 0 saturated carbocycles. The smallest absolute Gasteiger partial charge is 0.333 e. The van der Waals surface area contributed by atoms with Gasteiger partial charge in [-0.1, -0.05) is 91.0 Å². The molecule has 2 aromatic heterocycles. The van der Waals surface area contributed by atoms with E-state index in [2.05, 4.69) is 10.3 Å². The fraction of sp³-hybridized carbons (Fsp3) is 0.143. The van der Waals surface area contributed by atoms with Gasteiger partial charge in [0.25, 0.3) is 5.56 Å². The van der Waals surface area contributed by atoms with Crippen LogP contribution in [0, 0.1) is 0 Å². The van der Waals surface area contributed by atoms with Crippen molar-refractivity contribution in [1.82, 2.24) is 24.0 Å². The van der Waals surface area contributed by atoms with E-state index in [-0.39, 0.29) is 18.6 Å². The lowest BCUT2D eigenvalue weighted by atomic mass is 10.2. The van der Waals surface area contributed by atoms with Crippen LogP contribution in [-0.2, 0) is 31.0 Å². The highest BCUT2D eigenvalue weighted by Gasteiger charge is 2.20. The number of hydrogen-bond acceptors (Lipinski definition) is 4. The number of carbonyl (C=O) groups excluding carboxylic acids is 1. The minimum absolute atomic E-state index is 0.227. The molecule has 0 spiro atoms. The molecule has 0 aliphatic carbocycles. The van der Waals surface area contributed by atoms with Gasteiger partial charge in [-0.05, 0) is 16.7 Å². The Morgan fingerprint density at radius 3 is 1.89 bits per heavy atom. The first-order valence-corrected chi connectivity index (χ1v) is 11.7. The van der Waals surface area contributed by atoms with Crippen LogP contribution in [0.4, 0.5) is 0 Å². The molecule has 0 fully saturated rings. The van der Waals surface area contributed by atoms with E-state index in [9.17, 15) is 14.4 Å². The molecule has 36 heavy (non-hydrogen) atoms. The number of aromatic nitrogens is 4. The zero-order valence-electron chi connectivity index (χ0n) is 19.6. The van der Waals surface area contributed by atoms with Crippen LogP contribution in [0.25, 0.3) is 11.2 Å². The fourth-order valence-corrected chi connectivity index (χ4v) is 4.18. The standard InChI is InChI=1S/C28H25N5O3/c34-24(29-16-21-10-4-1-5-11-21)19-33-27(35)25-26(30-20-31(25)17-22-12-6-2-7-13-22)32(28(33)36)18-23-14-8-3-9-15-23/h1-15,20H,16-19H2,(H,29,34). The highest BCUT2D eigenvalue weighted by Crippen LogP contribution is 2.12. The highest BCUT2D eigenvalue weighted by molar-refractivity contribution is 5.76. The molecule has 1 N–H and O–H groups in total. The average molecular weight is 480 g/mol. The summed E-state index contributed by atoms with van der Waals surface area (Å²) in [4.78, 5) is 44.2. The predicted molar refractivity (Wildman–Crippen MR) is 138 cm³/mol. The second-order valence-electron chi connectivity index (χ2n) is 8.54. The quantitative estimate of drug-likeness (QED) is 0.371. The zero-order valence-corrected chi connectivity index (χ0v) is 19.6. The van der Waals surface area contributed by atoms with Crippen LogP contribution >= 0.6 is 0 Å². The Balaban J connectivity index is 1.55. The Morgan fingerprint density at radius 2 is 1.28 bits per heavy atom. The molecule has 0 atom stereocenters. The second kappa shape index (κ2) is 10.3. The molecular weight excluding hydrogens is 454 g/mol. The van der Waals surface area contributed by atoms with Gasteiger partial charge in [0.15, 0.2) is 11.2 Å². The largest absolute Gasteiger partial charge is 0.350 e. The van der Waals surface area contributed by atoms with Crippen LogP contribution in [-0.4, -0.2) is 24.6 Å². The number of hydrogen-bond donors (Lipinski definition) is 1. The maximum absolute atomic E-state index is 13.5. The summed E-state index contributed by atoms with van der Waals surface area (Å²) >= 11 is 0. The van der Waals surface area contributed by atoms with E-state index in [0.717, 1.165) is 21.3 Å². The van der Waals surface area contributed by atoms with E-state index in [4.69, 9.17) is 0 Å². The number of carbonyl (C=O) groups is 1. The van der Waals surface area contributed by atoms with Gasteiger partial charge < -0.3 is 9.88 Å². The summed E-state index contributed by atoms with van der Waals surface area (Å²) in [5.41, 5.74) is 2.27. The van der Waals surface area contributed by atoms with Crippen molar-refractivity contribution in [3.8, 4) is 0 Å². The summed E-state index contributed by atoms with van der Waals surface area (Å²) in [5.74, 6) is -0.419. The fourth-order valence-electron chi connectivity index (χ4n) is 4.18. The lowest BCUT2D eigenvalue weighted by Crippen LogP contribution is -2.44. The Kier molecular flexibility index (Phi) is 6.57. The van der Waals surface area contributed by atoms with Gasteiger partial charge in [0.1, 0.15) is 6.54 Å². The van der Waals surface area contributed by atoms with Gasteiger partial charge in [-0.3, -0.25) is 14.2 Å². The zero-order chi connectivity index (χ0) is 24.9. The molecule has 180 valence electrons. The van der Waals surface area contributed by atoms with E-state index in [1.807, 2.05) is 91.0 Å². The molecule has 5 aromatic rings. The van der Waals surface area contributed by atoms with Crippen molar-refractivity contribution in [1.29, 1.82) is 0 Å². The second-order valence-corrected chi connectivity index (χ2v) is 8.54. The molecule has 1 amide bonds. The summed E-state index contributed by atoms with van der Waals surface area (Å²) in [5, 5.41) is 2.80. The number of imidazole rings is 1. The number of nitrogens with one attached hydrogen (secondary N) is 1. The third-order valence-electron chi connectivity index (χ3n) is 6.00. The number of fused-ring (bicyclic) bond motifs is 1. The minimum Gasteiger partial charge on any atom is -0.350 e. The maximum Gasteiger partial charge on any atom is 0.333 e. The molecule has 0 unspecified atom stereocenters. The molecule has 0 bridgehead atoms. The normalized spacial score (nSPS) is 11.0. The summed E-state index contributed by atoms with van der Waals surface area (Å²) < 4.78 is 4.18. The molecule has 8 heteroatoms. The molecule has 0 aliphatic rings. The Labute approximate surface area is 207 Å². The van der Waals surface area contributed by atoms with Crippen molar-refractivity contribution < 1.29 is 4.79 Å². The van der Waals surface area contributed by atoms with Crippen molar-refractivity contribution in [2.24, 2.45) is 0 Å². The Hall–Kier alpha value is -4.72. The summed E-state index contributed by atoms with van der Waals surface area (Å²) in [6, 6.07) is 28.6. The van der Waals surface area contributed by atoms with E-state index < -0.39 is 17.2 Å². The van der Waals surface area contributed by atoms with Crippen molar-refractivity contribution in [3.63, 3.8) is 0 Å². The molecule has 3 aromatic carbocycles. The maximum atomic E-state index is 13.5. The van der Waals surface area contributed by atoms with Gasteiger partial charge in [0.05, 0.1) is 12.9 Å². The van der Waals surface area contributed by atoms with Crippen LogP contribution in [0.15, 0.2) is 107 Å². The number of rotatable bonds is 8.